The summed E-state index contributed by atoms with van der Waals surface area (Å²) in [4.78, 5) is -0.722. The van der Waals surface area contributed by atoms with E-state index in [1.54, 1.807) is 0 Å². The Morgan fingerprint density at radius 1 is 1.28 bits per heavy atom. The van der Waals surface area contributed by atoms with Gasteiger partial charge in [-0.3, -0.25) is 4.55 Å². The number of rotatable bonds is 4. The lowest BCUT2D eigenvalue weighted by atomic mass is 10.2. The third-order valence-corrected chi connectivity index (χ3v) is 8.87. The van der Waals surface area contributed by atoms with Crippen LogP contribution >= 0.6 is 0 Å². The van der Waals surface area contributed by atoms with Gasteiger partial charge >= 0.3 is 0 Å². The van der Waals surface area contributed by atoms with Gasteiger partial charge in [0.05, 0.1) is 0 Å². The van der Waals surface area contributed by atoms with Crippen molar-refractivity contribution < 1.29 is 17.4 Å². The number of hydrogen-bond acceptors (Lipinski definition) is 3. The number of benzene rings is 1. The standard InChI is InChI=1S/C12H18O4SSi/c13-17(14,15)12(18-9-5-4-8-16-18)10-11-6-2-1-3-7-11/h1-3,6-7,12,18H,4-5,8-10H2,(H,13,14,15). The molecule has 6 heteroatoms. The van der Waals surface area contributed by atoms with Crippen LogP contribution in [0.15, 0.2) is 30.3 Å². The average molecular weight is 286 g/mol. The molecule has 0 aliphatic carbocycles. The molecule has 0 spiro atoms. The molecule has 0 amide bonds. The molecule has 0 saturated carbocycles. The molecule has 2 unspecified atom stereocenters. The third kappa shape index (κ3) is 3.65. The van der Waals surface area contributed by atoms with Crippen LogP contribution < -0.4 is 0 Å². The Bertz CT molecular complexity index is 468. The van der Waals surface area contributed by atoms with Gasteiger partial charge in [-0.2, -0.15) is 8.42 Å². The summed E-state index contributed by atoms with van der Waals surface area (Å²) in [5.41, 5.74) is 0.932. The van der Waals surface area contributed by atoms with Gasteiger partial charge in [0.15, 0.2) is 9.04 Å². The second kappa shape index (κ2) is 5.97. The molecule has 2 rings (SSSR count). The van der Waals surface area contributed by atoms with E-state index < -0.39 is 24.0 Å². The van der Waals surface area contributed by atoms with Crippen molar-refractivity contribution in [3.05, 3.63) is 35.9 Å². The van der Waals surface area contributed by atoms with Crippen molar-refractivity contribution in [1.82, 2.24) is 0 Å². The second-order valence-corrected chi connectivity index (χ2v) is 9.56. The van der Waals surface area contributed by atoms with E-state index in [-0.39, 0.29) is 0 Å². The summed E-state index contributed by atoms with van der Waals surface area (Å²) in [7, 11) is -5.90. The van der Waals surface area contributed by atoms with E-state index in [4.69, 9.17) is 4.43 Å². The highest BCUT2D eigenvalue weighted by Crippen LogP contribution is 2.21. The Morgan fingerprint density at radius 2 is 2.00 bits per heavy atom. The highest BCUT2D eigenvalue weighted by molar-refractivity contribution is 7.88. The van der Waals surface area contributed by atoms with Gasteiger partial charge in [0.1, 0.15) is 4.87 Å². The van der Waals surface area contributed by atoms with Crippen molar-refractivity contribution in [3.8, 4) is 0 Å². The fourth-order valence-corrected chi connectivity index (χ4v) is 7.36. The molecule has 1 aromatic rings. The summed E-state index contributed by atoms with van der Waals surface area (Å²) in [6, 6.07) is 10.2. The van der Waals surface area contributed by atoms with Crippen LogP contribution in [-0.2, 0) is 21.0 Å². The van der Waals surface area contributed by atoms with Gasteiger partial charge in [0.25, 0.3) is 10.1 Å². The summed E-state index contributed by atoms with van der Waals surface area (Å²) in [6.45, 7) is 0.637. The largest absolute Gasteiger partial charge is 0.419 e. The maximum Gasteiger partial charge on any atom is 0.267 e. The van der Waals surface area contributed by atoms with E-state index in [1.807, 2.05) is 30.3 Å². The van der Waals surface area contributed by atoms with Gasteiger partial charge in [0.2, 0.25) is 0 Å². The quantitative estimate of drug-likeness (QED) is 0.674. The Labute approximate surface area is 109 Å². The van der Waals surface area contributed by atoms with Crippen molar-refractivity contribution in [2.45, 2.75) is 30.2 Å². The monoisotopic (exact) mass is 286 g/mol. The van der Waals surface area contributed by atoms with E-state index in [2.05, 4.69) is 0 Å². The zero-order valence-corrected chi connectivity index (χ0v) is 12.1. The van der Waals surface area contributed by atoms with Gasteiger partial charge in [0, 0.05) is 6.61 Å². The van der Waals surface area contributed by atoms with Crippen LogP contribution in [0.2, 0.25) is 6.04 Å². The Hall–Kier alpha value is -0.693. The van der Waals surface area contributed by atoms with Crippen molar-refractivity contribution in [2.75, 3.05) is 6.61 Å². The molecule has 100 valence electrons. The van der Waals surface area contributed by atoms with Gasteiger partial charge in [-0.05, 0) is 24.4 Å². The minimum atomic E-state index is -4.03. The molecule has 0 bridgehead atoms. The molecule has 18 heavy (non-hydrogen) atoms. The molecule has 1 heterocycles. The smallest absolute Gasteiger partial charge is 0.267 e. The highest BCUT2D eigenvalue weighted by atomic mass is 32.2. The van der Waals surface area contributed by atoms with Crippen molar-refractivity contribution >= 4 is 19.2 Å². The van der Waals surface area contributed by atoms with E-state index >= 15 is 0 Å². The first-order valence-corrected chi connectivity index (χ1v) is 9.65. The van der Waals surface area contributed by atoms with Crippen molar-refractivity contribution in [1.29, 1.82) is 0 Å². The third-order valence-electron chi connectivity index (χ3n) is 3.29. The SMILES string of the molecule is O=S(=O)(O)C(Cc1ccccc1)[SiH]1CCCCO1. The molecular formula is C12H18O4SSi. The van der Waals surface area contributed by atoms with Crippen molar-refractivity contribution in [3.63, 3.8) is 0 Å². The molecule has 1 saturated heterocycles. The molecule has 1 aliphatic heterocycles. The summed E-state index contributed by atoms with van der Waals surface area (Å²) in [5.74, 6) is 0. The van der Waals surface area contributed by atoms with Gasteiger partial charge in [-0.25, -0.2) is 0 Å². The predicted molar refractivity (Wildman–Crippen MR) is 72.6 cm³/mol. The highest BCUT2D eigenvalue weighted by Gasteiger charge is 2.35. The zero-order chi connectivity index (χ0) is 13.0. The topological polar surface area (TPSA) is 63.6 Å². The molecule has 0 aromatic heterocycles. The van der Waals surface area contributed by atoms with Gasteiger partial charge in [-0.15, -0.1) is 0 Å². The fraction of sp³-hybridized carbons (Fsp3) is 0.500. The summed E-state index contributed by atoms with van der Waals surface area (Å²) < 4.78 is 38.1. The van der Waals surface area contributed by atoms with E-state index in [1.165, 1.54) is 0 Å². The first kappa shape index (κ1) is 13.7. The average Bonchev–Trinajstić information content (AvgIpc) is 2.37. The normalized spacial score (nSPS) is 22.6. The molecule has 4 nitrogen and oxygen atoms in total. The number of hydrogen-bond donors (Lipinski definition) is 1. The minimum absolute atomic E-state index is 0.358. The van der Waals surface area contributed by atoms with Crippen molar-refractivity contribution in [2.24, 2.45) is 0 Å². The molecule has 1 aromatic carbocycles. The van der Waals surface area contributed by atoms with Gasteiger partial charge < -0.3 is 4.43 Å². The van der Waals surface area contributed by atoms with E-state index in [0.29, 0.717) is 13.0 Å². The maximum absolute atomic E-state index is 11.5. The first-order valence-electron chi connectivity index (χ1n) is 6.19. The van der Waals surface area contributed by atoms with Crippen LogP contribution in [0.4, 0.5) is 0 Å². The van der Waals surface area contributed by atoms with Gasteiger partial charge in [-0.1, -0.05) is 36.8 Å². The van der Waals surface area contributed by atoms with E-state index in [0.717, 1.165) is 24.4 Å². The fourth-order valence-electron chi connectivity index (χ4n) is 2.33. The van der Waals surface area contributed by atoms with Crippen LogP contribution in [-0.4, -0.2) is 33.5 Å². The molecular weight excluding hydrogens is 268 g/mol. The molecule has 1 N–H and O–H groups in total. The van der Waals surface area contributed by atoms with Crippen LogP contribution in [0, 0.1) is 0 Å². The Balaban J connectivity index is 2.15. The zero-order valence-electron chi connectivity index (χ0n) is 10.2. The first-order chi connectivity index (χ1) is 8.57. The Morgan fingerprint density at radius 3 is 2.56 bits per heavy atom. The second-order valence-electron chi connectivity index (χ2n) is 4.65. The van der Waals surface area contributed by atoms with Crippen LogP contribution in [0.5, 0.6) is 0 Å². The molecule has 1 fully saturated rings. The Kier molecular flexibility index (Phi) is 4.55. The lowest BCUT2D eigenvalue weighted by Gasteiger charge is -2.27. The lowest BCUT2D eigenvalue weighted by Crippen LogP contribution is -2.43. The van der Waals surface area contributed by atoms with Crippen LogP contribution in [0.25, 0.3) is 0 Å². The van der Waals surface area contributed by atoms with Crippen LogP contribution in [0.1, 0.15) is 18.4 Å². The lowest BCUT2D eigenvalue weighted by molar-refractivity contribution is 0.283. The predicted octanol–water partition coefficient (Wildman–Crippen LogP) is 1.56. The molecule has 1 aliphatic rings. The minimum Gasteiger partial charge on any atom is -0.419 e. The summed E-state index contributed by atoms with van der Waals surface area (Å²) >= 11 is 0. The molecule has 2 atom stereocenters. The molecule has 0 radical (unpaired) electrons. The van der Waals surface area contributed by atoms with E-state index in [9.17, 15) is 13.0 Å². The summed E-state index contributed by atoms with van der Waals surface area (Å²) in [6.07, 6.45) is 2.36. The van der Waals surface area contributed by atoms with Crippen LogP contribution in [0.3, 0.4) is 0 Å². The maximum atomic E-state index is 11.5. The summed E-state index contributed by atoms with van der Waals surface area (Å²) in [5, 5.41) is 0.